The van der Waals surface area contributed by atoms with Crippen molar-refractivity contribution >= 4 is 23.7 Å². The summed E-state index contributed by atoms with van der Waals surface area (Å²) in [6.45, 7) is 4.92. The molecule has 0 radical (unpaired) electrons. The maximum atomic E-state index is 12.2. The summed E-state index contributed by atoms with van der Waals surface area (Å²) in [6, 6.07) is -0.412. The fourth-order valence-electron chi connectivity index (χ4n) is 3.38. The molecule has 0 aliphatic heterocycles. The zero-order valence-electron chi connectivity index (χ0n) is 17.4. The Morgan fingerprint density at radius 2 is 1.86 bits per heavy atom. The van der Waals surface area contributed by atoms with Crippen molar-refractivity contribution in [2.45, 2.75) is 70.9 Å². The van der Waals surface area contributed by atoms with Gasteiger partial charge in [0.2, 0.25) is 0 Å². The van der Waals surface area contributed by atoms with Gasteiger partial charge in [-0.1, -0.05) is 31.4 Å². The number of carbonyl (C=O) groups is 2. The van der Waals surface area contributed by atoms with Crippen molar-refractivity contribution in [1.29, 1.82) is 0 Å². The van der Waals surface area contributed by atoms with Gasteiger partial charge in [0.05, 0.1) is 25.1 Å². The number of nitrogens with one attached hydrogen (secondary N) is 1. The van der Waals surface area contributed by atoms with Crippen LogP contribution in [-0.2, 0) is 19.1 Å². The molecule has 0 spiro atoms. The molecule has 0 aromatic carbocycles. The molecule has 0 aromatic rings. The summed E-state index contributed by atoms with van der Waals surface area (Å²) in [5.41, 5.74) is 0. The first-order valence-corrected chi connectivity index (χ1v) is 11.7. The number of rotatable bonds is 14. The maximum Gasteiger partial charge on any atom is 0.323 e. The van der Waals surface area contributed by atoms with Crippen LogP contribution in [-0.4, -0.2) is 60.5 Å². The molecule has 162 valence electrons. The summed E-state index contributed by atoms with van der Waals surface area (Å²) in [6.07, 6.45) is 10.7. The molecule has 0 bridgehead atoms. The maximum absolute atomic E-state index is 12.2. The van der Waals surface area contributed by atoms with Gasteiger partial charge in [0.1, 0.15) is 6.04 Å². The van der Waals surface area contributed by atoms with E-state index in [1.165, 1.54) is 31.0 Å². The number of ether oxygens (including phenoxy) is 2. The second kappa shape index (κ2) is 15.8. The second-order valence-corrected chi connectivity index (χ2v) is 8.07. The summed E-state index contributed by atoms with van der Waals surface area (Å²) < 4.78 is 10.0. The third-order valence-corrected chi connectivity index (χ3v) is 5.74. The quantitative estimate of drug-likeness (QED) is 0.256. The van der Waals surface area contributed by atoms with E-state index in [2.05, 4.69) is 5.32 Å². The van der Waals surface area contributed by atoms with Crippen LogP contribution in [0.1, 0.15) is 58.8 Å². The molecule has 2 unspecified atom stereocenters. The molecular formula is C21H37NO5S. The van der Waals surface area contributed by atoms with Gasteiger partial charge in [-0.2, -0.15) is 0 Å². The highest BCUT2D eigenvalue weighted by molar-refractivity contribution is 8.00. The topological polar surface area (TPSA) is 84.9 Å². The van der Waals surface area contributed by atoms with Crippen LogP contribution in [0.25, 0.3) is 0 Å². The van der Waals surface area contributed by atoms with Gasteiger partial charge in [0.15, 0.2) is 0 Å². The second-order valence-electron chi connectivity index (χ2n) is 7.04. The van der Waals surface area contributed by atoms with Gasteiger partial charge in [-0.3, -0.25) is 9.59 Å². The first-order valence-electron chi connectivity index (χ1n) is 10.5. The molecule has 0 saturated heterocycles. The lowest BCUT2D eigenvalue weighted by Gasteiger charge is -2.27. The number of carbonyl (C=O) groups excluding carboxylic acids is 2. The first-order chi connectivity index (χ1) is 13.6. The lowest BCUT2D eigenvalue weighted by atomic mass is 9.84. The van der Waals surface area contributed by atoms with E-state index in [4.69, 9.17) is 9.47 Å². The molecule has 1 aliphatic rings. The molecule has 0 amide bonds. The van der Waals surface area contributed by atoms with Crippen LogP contribution in [0.5, 0.6) is 0 Å². The summed E-state index contributed by atoms with van der Waals surface area (Å²) in [5.74, 6) is 0.945. The number of esters is 2. The molecule has 1 saturated carbocycles. The minimum Gasteiger partial charge on any atom is -0.465 e. The van der Waals surface area contributed by atoms with Gasteiger partial charge < -0.3 is 19.9 Å². The molecule has 28 heavy (non-hydrogen) atoms. The Morgan fingerprint density at radius 3 is 2.54 bits per heavy atom. The first kappa shape index (κ1) is 25.0. The molecule has 2 N–H and O–H groups in total. The molecule has 0 aromatic heterocycles. The van der Waals surface area contributed by atoms with E-state index in [1.54, 1.807) is 13.8 Å². The Balaban J connectivity index is 2.31. The van der Waals surface area contributed by atoms with E-state index in [0.29, 0.717) is 50.0 Å². The van der Waals surface area contributed by atoms with Crippen molar-refractivity contribution < 1.29 is 24.2 Å². The van der Waals surface area contributed by atoms with Crippen molar-refractivity contribution in [2.75, 3.05) is 31.3 Å². The van der Waals surface area contributed by atoms with Crippen LogP contribution in [0.4, 0.5) is 0 Å². The van der Waals surface area contributed by atoms with Gasteiger partial charge in [0, 0.05) is 5.75 Å². The molecule has 1 fully saturated rings. The SMILES string of the molecule is CCOC(=O)CSC/C=C/CC(NCCC(O)C1CCCCC1)C(=O)OCC. The highest BCUT2D eigenvalue weighted by Gasteiger charge is 2.23. The Hall–Kier alpha value is -1.05. The van der Waals surface area contributed by atoms with E-state index >= 15 is 0 Å². The zero-order chi connectivity index (χ0) is 20.6. The van der Waals surface area contributed by atoms with E-state index in [9.17, 15) is 14.7 Å². The lowest BCUT2D eigenvalue weighted by molar-refractivity contribution is -0.145. The highest BCUT2D eigenvalue weighted by atomic mass is 32.2. The Labute approximate surface area is 173 Å². The van der Waals surface area contributed by atoms with Gasteiger partial charge in [-0.25, -0.2) is 0 Å². The Bertz CT molecular complexity index is 466. The molecule has 2 atom stereocenters. The van der Waals surface area contributed by atoms with Gasteiger partial charge in [0.25, 0.3) is 0 Å². The number of hydrogen-bond acceptors (Lipinski definition) is 7. The van der Waals surface area contributed by atoms with Crippen LogP contribution in [0.2, 0.25) is 0 Å². The lowest BCUT2D eigenvalue weighted by Crippen LogP contribution is -2.39. The van der Waals surface area contributed by atoms with Gasteiger partial charge in [-0.15, -0.1) is 11.8 Å². The predicted molar refractivity (Wildman–Crippen MR) is 113 cm³/mol. The monoisotopic (exact) mass is 415 g/mol. The van der Waals surface area contributed by atoms with E-state index in [-0.39, 0.29) is 18.0 Å². The van der Waals surface area contributed by atoms with E-state index < -0.39 is 6.04 Å². The fourth-order valence-corrected chi connectivity index (χ4v) is 4.02. The van der Waals surface area contributed by atoms with Crippen molar-refractivity contribution in [3.05, 3.63) is 12.2 Å². The zero-order valence-corrected chi connectivity index (χ0v) is 18.2. The smallest absolute Gasteiger partial charge is 0.323 e. The van der Waals surface area contributed by atoms with Crippen LogP contribution < -0.4 is 5.32 Å². The number of thioether (sulfide) groups is 1. The van der Waals surface area contributed by atoms with Gasteiger partial charge in [-0.05, 0) is 52.0 Å². The summed E-state index contributed by atoms with van der Waals surface area (Å²) in [5, 5.41) is 13.6. The standard InChI is InChI=1S/C21H37NO5S/c1-3-26-20(24)16-28-15-9-8-12-18(21(25)27-4-2)22-14-13-19(23)17-10-6-5-7-11-17/h8-9,17-19,22-23H,3-7,10-16H2,1-2H3/b9-8+. The number of hydrogen-bond donors (Lipinski definition) is 2. The van der Waals surface area contributed by atoms with Crippen molar-refractivity contribution in [1.82, 2.24) is 5.32 Å². The molecule has 0 heterocycles. The van der Waals surface area contributed by atoms with Crippen LogP contribution in [0, 0.1) is 5.92 Å². The third-order valence-electron chi connectivity index (χ3n) is 4.87. The van der Waals surface area contributed by atoms with Crippen molar-refractivity contribution in [2.24, 2.45) is 5.92 Å². The summed E-state index contributed by atoms with van der Waals surface area (Å²) in [4.78, 5) is 23.4. The molecule has 6 nitrogen and oxygen atoms in total. The Kier molecular flexibility index (Phi) is 14.1. The van der Waals surface area contributed by atoms with Gasteiger partial charge >= 0.3 is 11.9 Å². The minimum atomic E-state index is -0.412. The van der Waals surface area contributed by atoms with Crippen molar-refractivity contribution in [3.63, 3.8) is 0 Å². The highest BCUT2D eigenvalue weighted by Crippen LogP contribution is 2.27. The van der Waals surface area contributed by atoms with Crippen LogP contribution >= 0.6 is 11.8 Å². The molecular weight excluding hydrogens is 378 g/mol. The largest absolute Gasteiger partial charge is 0.465 e. The van der Waals surface area contributed by atoms with Crippen LogP contribution in [0.3, 0.4) is 0 Å². The van der Waals surface area contributed by atoms with E-state index in [0.717, 1.165) is 12.8 Å². The number of aliphatic hydroxyl groups is 1. The van der Waals surface area contributed by atoms with E-state index in [1.807, 2.05) is 12.2 Å². The van der Waals surface area contributed by atoms with Crippen LogP contribution in [0.15, 0.2) is 12.2 Å². The third kappa shape index (κ3) is 11.1. The average Bonchev–Trinajstić information content (AvgIpc) is 2.70. The normalized spacial score (nSPS) is 17.4. The van der Waals surface area contributed by atoms with Crippen molar-refractivity contribution in [3.8, 4) is 0 Å². The molecule has 1 rings (SSSR count). The fraction of sp³-hybridized carbons (Fsp3) is 0.810. The molecule has 7 heteroatoms. The Morgan fingerprint density at radius 1 is 1.14 bits per heavy atom. The summed E-state index contributed by atoms with van der Waals surface area (Å²) >= 11 is 1.48. The number of aliphatic hydroxyl groups excluding tert-OH is 1. The summed E-state index contributed by atoms with van der Waals surface area (Å²) in [7, 11) is 0. The molecule has 1 aliphatic carbocycles. The predicted octanol–water partition coefficient (Wildman–Crippen LogP) is 3.08. The minimum absolute atomic E-state index is 0.205. The average molecular weight is 416 g/mol.